The molecular weight excluding hydrogens is 310 g/mol. The van der Waals surface area contributed by atoms with E-state index in [0.717, 1.165) is 11.4 Å². The molecule has 0 saturated carbocycles. The lowest BCUT2D eigenvalue weighted by molar-refractivity contribution is 0.0772. The molecule has 0 bridgehead atoms. The summed E-state index contributed by atoms with van der Waals surface area (Å²) in [5.74, 6) is -0.230. The molecule has 1 aromatic carbocycles. The molecule has 1 aromatic heterocycles. The Kier molecular flexibility index (Phi) is 5.87. The smallest absolute Gasteiger partial charge is 0.267 e. The van der Waals surface area contributed by atoms with Crippen molar-refractivity contribution in [3.05, 3.63) is 45.9 Å². The number of carbonyl (C=O) groups excluding carboxylic acids is 2. The average Bonchev–Trinajstić information content (AvgIpc) is 3.05. The second kappa shape index (κ2) is 7.87. The highest BCUT2D eigenvalue weighted by Crippen LogP contribution is 2.17. The fourth-order valence-corrected chi connectivity index (χ4v) is 2.95. The number of aryl methyl sites for hydroxylation is 1. The minimum absolute atomic E-state index is 0.0304. The number of nitrogens with zero attached hydrogens (tertiary/aromatic N) is 2. The topological polar surface area (TPSA) is 62.3 Å². The van der Waals surface area contributed by atoms with Crippen LogP contribution in [0.3, 0.4) is 0 Å². The van der Waals surface area contributed by atoms with Crippen LogP contribution >= 0.6 is 11.3 Å². The van der Waals surface area contributed by atoms with Gasteiger partial charge in [-0.25, -0.2) is 4.98 Å². The van der Waals surface area contributed by atoms with Gasteiger partial charge < -0.3 is 10.2 Å². The molecule has 0 aliphatic rings. The van der Waals surface area contributed by atoms with Crippen molar-refractivity contribution >= 4 is 28.8 Å². The van der Waals surface area contributed by atoms with Crippen LogP contribution < -0.4 is 5.32 Å². The molecule has 0 radical (unpaired) electrons. The molecule has 122 valence electrons. The maximum Gasteiger partial charge on any atom is 0.267 e. The summed E-state index contributed by atoms with van der Waals surface area (Å²) in [6.45, 7) is 7.21. The monoisotopic (exact) mass is 331 g/mol. The van der Waals surface area contributed by atoms with Gasteiger partial charge in [-0.2, -0.15) is 0 Å². The third-order valence-corrected chi connectivity index (χ3v) is 4.64. The number of nitrogens with one attached hydrogen (secondary N) is 1. The van der Waals surface area contributed by atoms with E-state index in [0.29, 0.717) is 29.2 Å². The average molecular weight is 331 g/mol. The van der Waals surface area contributed by atoms with Crippen molar-refractivity contribution in [2.45, 2.75) is 27.2 Å². The maximum atomic E-state index is 12.4. The molecule has 6 heteroatoms. The summed E-state index contributed by atoms with van der Waals surface area (Å²) in [6, 6.07) is 7.02. The van der Waals surface area contributed by atoms with Crippen LogP contribution in [0.4, 0.5) is 5.69 Å². The molecule has 0 saturated heterocycles. The van der Waals surface area contributed by atoms with Gasteiger partial charge in [-0.3, -0.25) is 9.59 Å². The summed E-state index contributed by atoms with van der Waals surface area (Å²) in [6.07, 6.45) is 2.40. The summed E-state index contributed by atoms with van der Waals surface area (Å²) in [4.78, 5) is 31.1. The van der Waals surface area contributed by atoms with Crippen LogP contribution in [0.15, 0.2) is 30.5 Å². The number of hydrogen-bond acceptors (Lipinski definition) is 4. The zero-order valence-electron chi connectivity index (χ0n) is 13.6. The molecule has 23 heavy (non-hydrogen) atoms. The number of carbonyl (C=O) groups is 2. The highest BCUT2D eigenvalue weighted by atomic mass is 32.1. The quantitative estimate of drug-likeness (QED) is 0.882. The highest BCUT2D eigenvalue weighted by molar-refractivity contribution is 7.13. The lowest BCUT2D eigenvalue weighted by atomic mass is 10.1. The Labute approximate surface area is 140 Å². The first-order valence-electron chi connectivity index (χ1n) is 7.74. The Hall–Kier alpha value is -2.21. The van der Waals surface area contributed by atoms with Gasteiger partial charge in [-0.1, -0.05) is 13.0 Å². The Morgan fingerprint density at radius 3 is 2.57 bits per heavy atom. The number of rotatable bonds is 6. The van der Waals surface area contributed by atoms with Crippen LogP contribution in [0, 0.1) is 0 Å². The molecule has 1 heterocycles. The van der Waals surface area contributed by atoms with Crippen molar-refractivity contribution in [2.24, 2.45) is 0 Å². The Balaban J connectivity index is 2.13. The molecule has 0 spiro atoms. The van der Waals surface area contributed by atoms with E-state index in [9.17, 15) is 9.59 Å². The fourth-order valence-electron chi connectivity index (χ4n) is 2.19. The first kappa shape index (κ1) is 17.1. The Bertz CT molecular complexity index is 693. The molecule has 0 aliphatic heterocycles. The van der Waals surface area contributed by atoms with E-state index in [1.54, 1.807) is 35.4 Å². The maximum absolute atomic E-state index is 12.4. The van der Waals surface area contributed by atoms with Gasteiger partial charge in [0.25, 0.3) is 11.8 Å². The largest absolute Gasteiger partial charge is 0.339 e. The Morgan fingerprint density at radius 2 is 1.96 bits per heavy atom. The van der Waals surface area contributed by atoms with Gasteiger partial charge in [-0.15, -0.1) is 11.3 Å². The van der Waals surface area contributed by atoms with Gasteiger partial charge in [0.05, 0.1) is 11.2 Å². The predicted molar refractivity (Wildman–Crippen MR) is 93.1 cm³/mol. The standard InChI is InChI=1S/C17H21N3O2S/c1-4-15-18-11-14(23-15)16(21)19-13-9-7-8-12(10-13)17(22)20(5-2)6-3/h7-11H,4-6H2,1-3H3,(H,19,21). The molecule has 5 nitrogen and oxygen atoms in total. The van der Waals surface area contributed by atoms with E-state index in [2.05, 4.69) is 10.3 Å². The van der Waals surface area contributed by atoms with E-state index < -0.39 is 0 Å². The van der Waals surface area contributed by atoms with Crippen molar-refractivity contribution in [2.75, 3.05) is 18.4 Å². The van der Waals surface area contributed by atoms with Crippen LogP contribution in [-0.4, -0.2) is 34.8 Å². The van der Waals surface area contributed by atoms with Crippen molar-refractivity contribution in [3.8, 4) is 0 Å². The molecular formula is C17H21N3O2S. The third kappa shape index (κ3) is 4.16. The van der Waals surface area contributed by atoms with Crippen LogP contribution in [-0.2, 0) is 6.42 Å². The van der Waals surface area contributed by atoms with Crippen LogP contribution in [0.5, 0.6) is 0 Å². The van der Waals surface area contributed by atoms with Gasteiger partial charge in [-0.05, 0) is 38.5 Å². The first-order valence-corrected chi connectivity index (χ1v) is 8.56. The molecule has 2 rings (SSSR count). The lowest BCUT2D eigenvalue weighted by Crippen LogP contribution is -2.30. The van der Waals surface area contributed by atoms with Gasteiger partial charge in [0.1, 0.15) is 4.88 Å². The summed E-state index contributed by atoms with van der Waals surface area (Å²) in [5, 5.41) is 3.76. The van der Waals surface area contributed by atoms with Crippen molar-refractivity contribution in [1.29, 1.82) is 0 Å². The number of amides is 2. The fraction of sp³-hybridized carbons (Fsp3) is 0.353. The molecule has 0 atom stereocenters. The van der Waals surface area contributed by atoms with Gasteiger partial charge in [0, 0.05) is 24.3 Å². The first-order chi connectivity index (χ1) is 11.1. The number of anilines is 1. The molecule has 2 amide bonds. The van der Waals surface area contributed by atoms with E-state index in [-0.39, 0.29) is 11.8 Å². The zero-order valence-corrected chi connectivity index (χ0v) is 14.4. The highest BCUT2D eigenvalue weighted by Gasteiger charge is 2.14. The van der Waals surface area contributed by atoms with Gasteiger partial charge in [0.2, 0.25) is 0 Å². The third-order valence-electron chi connectivity index (χ3n) is 3.50. The van der Waals surface area contributed by atoms with Crippen molar-refractivity contribution in [1.82, 2.24) is 9.88 Å². The Morgan fingerprint density at radius 1 is 1.22 bits per heavy atom. The number of thiazole rings is 1. The second-order valence-corrected chi connectivity index (χ2v) is 6.10. The molecule has 0 aliphatic carbocycles. The minimum atomic E-state index is -0.199. The lowest BCUT2D eigenvalue weighted by Gasteiger charge is -2.18. The molecule has 1 N–H and O–H groups in total. The predicted octanol–water partition coefficient (Wildman–Crippen LogP) is 3.44. The van der Waals surface area contributed by atoms with Crippen LogP contribution in [0.2, 0.25) is 0 Å². The van der Waals surface area contributed by atoms with E-state index in [1.165, 1.54) is 11.3 Å². The van der Waals surface area contributed by atoms with Gasteiger partial charge in [0.15, 0.2) is 0 Å². The van der Waals surface area contributed by atoms with E-state index in [4.69, 9.17) is 0 Å². The number of hydrogen-bond donors (Lipinski definition) is 1. The number of benzene rings is 1. The van der Waals surface area contributed by atoms with Crippen molar-refractivity contribution in [3.63, 3.8) is 0 Å². The van der Waals surface area contributed by atoms with E-state index in [1.807, 2.05) is 20.8 Å². The van der Waals surface area contributed by atoms with Crippen LogP contribution in [0.1, 0.15) is 45.8 Å². The summed E-state index contributed by atoms with van der Waals surface area (Å²) >= 11 is 1.38. The zero-order chi connectivity index (χ0) is 16.8. The molecule has 2 aromatic rings. The summed E-state index contributed by atoms with van der Waals surface area (Å²) < 4.78 is 0. The molecule has 0 unspecified atom stereocenters. The van der Waals surface area contributed by atoms with Crippen LogP contribution in [0.25, 0.3) is 0 Å². The summed E-state index contributed by atoms with van der Waals surface area (Å²) in [5.41, 5.74) is 1.18. The summed E-state index contributed by atoms with van der Waals surface area (Å²) in [7, 11) is 0. The number of aromatic nitrogens is 1. The molecule has 0 fully saturated rings. The second-order valence-electron chi connectivity index (χ2n) is 4.98. The normalized spacial score (nSPS) is 10.4. The van der Waals surface area contributed by atoms with E-state index >= 15 is 0 Å². The van der Waals surface area contributed by atoms with Crippen molar-refractivity contribution < 1.29 is 9.59 Å². The minimum Gasteiger partial charge on any atom is -0.339 e. The SMILES string of the molecule is CCc1ncc(C(=O)Nc2cccc(C(=O)N(CC)CC)c2)s1. The van der Waals surface area contributed by atoms with Gasteiger partial charge >= 0.3 is 0 Å².